The number of halogens is 1. The zero-order chi connectivity index (χ0) is 25.1. The molecule has 3 amide bonds. The van der Waals surface area contributed by atoms with Crippen molar-refractivity contribution < 1.29 is 19.1 Å². The monoisotopic (exact) mass is 554 g/mol. The molecule has 2 aromatic rings. The maximum absolute atomic E-state index is 13.8. The summed E-state index contributed by atoms with van der Waals surface area (Å²) >= 11 is 3.43. The summed E-state index contributed by atoms with van der Waals surface area (Å²) < 4.78 is 6.45. The van der Waals surface area contributed by atoms with Gasteiger partial charge in [-0.05, 0) is 56.0 Å². The lowest BCUT2D eigenvalue weighted by Gasteiger charge is -2.43. The second-order valence-corrected chi connectivity index (χ2v) is 10.6. The Morgan fingerprint density at radius 1 is 1.08 bits per heavy atom. The molecule has 3 heterocycles. The molecule has 2 aromatic carbocycles. The Morgan fingerprint density at radius 3 is 2.56 bits per heavy atom. The number of para-hydroxylation sites is 1. The van der Waals surface area contributed by atoms with E-state index in [4.69, 9.17) is 4.74 Å². The molecule has 9 heteroatoms. The Kier molecular flexibility index (Phi) is 7.29. The molecule has 0 aliphatic carbocycles. The molecule has 8 nitrogen and oxygen atoms in total. The number of carbonyl (C=O) groups is 3. The van der Waals surface area contributed by atoms with Crippen LogP contribution in [0.4, 0.5) is 5.69 Å². The van der Waals surface area contributed by atoms with Crippen LogP contribution in [-0.2, 0) is 14.3 Å². The van der Waals surface area contributed by atoms with Crippen LogP contribution in [0.25, 0.3) is 0 Å². The molecule has 0 bridgehead atoms. The second-order valence-electron chi connectivity index (χ2n) is 9.68. The third kappa shape index (κ3) is 4.99. The first-order chi connectivity index (χ1) is 17.5. The van der Waals surface area contributed by atoms with Crippen LogP contribution >= 0.6 is 15.9 Å². The quantitative estimate of drug-likeness (QED) is 0.593. The van der Waals surface area contributed by atoms with Crippen LogP contribution in [0.3, 0.4) is 0 Å². The Balaban J connectivity index is 1.30. The van der Waals surface area contributed by atoms with E-state index in [0.29, 0.717) is 44.7 Å². The number of ether oxygens (including phenoxy) is 1. The molecule has 0 saturated carbocycles. The number of hydrogen-bond donors (Lipinski definition) is 1. The fourth-order valence-electron chi connectivity index (χ4n) is 5.47. The van der Waals surface area contributed by atoms with Crippen molar-refractivity contribution in [1.82, 2.24) is 15.1 Å². The van der Waals surface area contributed by atoms with Crippen LogP contribution in [0.15, 0.2) is 59.1 Å². The first-order valence-corrected chi connectivity index (χ1v) is 13.3. The summed E-state index contributed by atoms with van der Waals surface area (Å²) in [7, 11) is 0. The molecular formula is C27H31BrN4O4. The van der Waals surface area contributed by atoms with Crippen molar-refractivity contribution in [3.63, 3.8) is 0 Å². The van der Waals surface area contributed by atoms with Crippen molar-refractivity contribution in [3.8, 4) is 0 Å². The molecule has 1 unspecified atom stereocenters. The summed E-state index contributed by atoms with van der Waals surface area (Å²) in [5.74, 6) is -0.257. The lowest BCUT2D eigenvalue weighted by Crippen LogP contribution is -2.57. The van der Waals surface area contributed by atoms with E-state index < -0.39 is 5.54 Å². The van der Waals surface area contributed by atoms with Crippen LogP contribution in [0, 0.1) is 0 Å². The molecule has 190 valence electrons. The number of nitrogens with one attached hydrogen (secondary N) is 1. The third-order valence-electron chi connectivity index (χ3n) is 7.42. The first-order valence-electron chi connectivity index (χ1n) is 12.5. The normalized spacial score (nSPS) is 21.3. The topological polar surface area (TPSA) is 82.2 Å². The summed E-state index contributed by atoms with van der Waals surface area (Å²) in [6, 6.07) is 17.2. The molecule has 3 fully saturated rings. The molecule has 1 atom stereocenters. The average Bonchev–Trinajstić information content (AvgIpc) is 3.51. The second kappa shape index (κ2) is 10.6. The predicted octanol–water partition coefficient (Wildman–Crippen LogP) is 3.03. The van der Waals surface area contributed by atoms with E-state index in [9.17, 15) is 14.4 Å². The lowest BCUT2D eigenvalue weighted by molar-refractivity contribution is -0.137. The Labute approximate surface area is 219 Å². The number of rotatable bonds is 6. The van der Waals surface area contributed by atoms with E-state index in [1.165, 1.54) is 0 Å². The van der Waals surface area contributed by atoms with Gasteiger partial charge in [0.05, 0.1) is 12.8 Å². The van der Waals surface area contributed by atoms with Gasteiger partial charge in [-0.2, -0.15) is 0 Å². The van der Waals surface area contributed by atoms with Crippen LogP contribution in [0.5, 0.6) is 0 Å². The van der Waals surface area contributed by atoms with E-state index in [1.807, 2.05) is 59.5 Å². The molecule has 3 saturated heterocycles. The molecule has 0 aromatic heterocycles. The Bertz CT molecular complexity index is 1110. The molecule has 5 rings (SSSR count). The zero-order valence-corrected chi connectivity index (χ0v) is 21.8. The Hall–Kier alpha value is -2.91. The highest BCUT2D eigenvalue weighted by atomic mass is 79.9. The highest BCUT2D eigenvalue weighted by Gasteiger charge is 2.54. The lowest BCUT2D eigenvalue weighted by atomic mass is 9.85. The van der Waals surface area contributed by atoms with Gasteiger partial charge in [0.15, 0.2) is 0 Å². The largest absolute Gasteiger partial charge is 0.376 e. The summed E-state index contributed by atoms with van der Waals surface area (Å²) in [4.78, 5) is 45.2. The van der Waals surface area contributed by atoms with Gasteiger partial charge in [0.25, 0.3) is 11.8 Å². The average molecular weight is 555 g/mol. The molecular weight excluding hydrogens is 524 g/mol. The molecule has 0 radical (unpaired) electrons. The minimum Gasteiger partial charge on any atom is -0.376 e. The molecule has 3 aliphatic heterocycles. The maximum Gasteiger partial charge on any atom is 0.253 e. The van der Waals surface area contributed by atoms with E-state index >= 15 is 0 Å². The minimum atomic E-state index is -0.774. The van der Waals surface area contributed by atoms with Gasteiger partial charge in [0.1, 0.15) is 12.1 Å². The van der Waals surface area contributed by atoms with Gasteiger partial charge in [-0.15, -0.1) is 0 Å². The van der Waals surface area contributed by atoms with Crippen LogP contribution < -0.4 is 10.2 Å². The third-order valence-corrected chi connectivity index (χ3v) is 7.91. The fraction of sp³-hybridized carbons (Fsp3) is 0.444. The number of piperidine rings is 1. The van der Waals surface area contributed by atoms with Gasteiger partial charge in [-0.3, -0.25) is 14.4 Å². The Morgan fingerprint density at radius 2 is 1.86 bits per heavy atom. The van der Waals surface area contributed by atoms with Gasteiger partial charge in [-0.25, -0.2) is 0 Å². The highest BCUT2D eigenvalue weighted by Crippen LogP contribution is 2.39. The van der Waals surface area contributed by atoms with Crippen LogP contribution in [0.1, 0.15) is 36.0 Å². The van der Waals surface area contributed by atoms with Gasteiger partial charge in [-0.1, -0.05) is 40.2 Å². The predicted molar refractivity (Wildman–Crippen MR) is 139 cm³/mol. The molecule has 1 N–H and O–H groups in total. The molecule has 1 spiro atoms. The standard InChI is InChI=1S/C27H31BrN4O4/c28-21-7-4-6-20(16-21)25(34)30-13-11-27(12-14-30)26(35)31(19-32(27)22-8-2-1-3-9-22)18-24(33)29-17-23-10-5-15-36-23/h1-4,6-9,16,23H,5,10-15,17-19H2,(H,29,33). The van der Waals surface area contributed by atoms with Gasteiger partial charge in [0.2, 0.25) is 5.91 Å². The first kappa shape index (κ1) is 24.8. The van der Waals surface area contributed by atoms with Crippen molar-refractivity contribution in [1.29, 1.82) is 0 Å². The smallest absolute Gasteiger partial charge is 0.253 e. The van der Waals surface area contributed by atoms with Gasteiger partial charge in [0, 0.05) is 42.0 Å². The maximum atomic E-state index is 13.8. The van der Waals surface area contributed by atoms with E-state index in [1.54, 1.807) is 4.90 Å². The number of carbonyl (C=O) groups excluding carboxylic acids is 3. The van der Waals surface area contributed by atoms with E-state index in [-0.39, 0.29) is 30.4 Å². The summed E-state index contributed by atoms with van der Waals surface area (Å²) in [6.07, 6.45) is 3.04. The van der Waals surface area contributed by atoms with Crippen LogP contribution in [-0.4, -0.2) is 78.6 Å². The summed E-state index contributed by atoms with van der Waals surface area (Å²) in [6.45, 7) is 2.51. The van der Waals surface area contributed by atoms with E-state index in [0.717, 1.165) is 29.6 Å². The summed E-state index contributed by atoms with van der Waals surface area (Å²) in [5, 5.41) is 2.93. The fourth-order valence-corrected chi connectivity index (χ4v) is 5.87. The number of hydrogen-bond acceptors (Lipinski definition) is 5. The van der Waals surface area contributed by atoms with E-state index in [2.05, 4.69) is 26.1 Å². The van der Waals surface area contributed by atoms with Crippen molar-refractivity contribution in [2.75, 3.05) is 44.4 Å². The number of likely N-dealkylation sites (tertiary alicyclic amines) is 1. The summed E-state index contributed by atoms with van der Waals surface area (Å²) in [5.41, 5.74) is 0.798. The van der Waals surface area contributed by atoms with Gasteiger partial charge < -0.3 is 24.8 Å². The number of nitrogens with zero attached hydrogens (tertiary/aromatic N) is 3. The number of anilines is 1. The minimum absolute atomic E-state index is 0.0112. The SMILES string of the molecule is O=C(CN1CN(c2ccccc2)C2(CCN(C(=O)c3cccc(Br)c3)CC2)C1=O)NCC1CCCO1. The number of benzene rings is 2. The highest BCUT2D eigenvalue weighted by molar-refractivity contribution is 9.10. The molecule has 36 heavy (non-hydrogen) atoms. The molecule has 3 aliphatic rings. The van der Waals surface area contributed by atoms with Gasteiger partial charge >= 0.3 is 0 Å². The number of amides is 3. The van der Waals surface area contributed by atoms with Crippen molar-refractivity contribution in [3.05, 3.63) is 64.6 Å². The van der Waals surface area contributed by atoms with Crippen molar-refractivity contribution >= 4 is 39.3 Å². The van der Waals surface area contributed by atoms with Crippen molar-refractivity contribution in [2.45, 2.75) is 37.3 Å². The van der Waals surface area contributed by atoms with Crippen LogP contribution in [0.2, 0.25) is 0 Å². The zero-order valence-electron chi connectivity index (χ0n) is 20.2. The van der Waals surface area contributed by atoms with Crippen molar-refractivity contribution in [2.24, 2.45) is 0 Å².